The number of aromatic nitrogens is 4. The van der Waals surface area contributed by atoms with Crippen molar-refractivity contribution in [2.24, 2.45) is 0 Å². The van der Waals surface area contributed by atoms with Crippen molar-refractivity contribution >= 4 is 17.0 Å². The number of methoxy groups -OCH3 is 1. The second-order valence-corrected chi connectivity index (χ2v) is 4.26. The van der Waals surface area contributed by atoms with Gasteiger partial charge < -0.3 is 10.1 Å². The molecule has 0 amide bonds. The zero-order valence-corrected chi connectivity index (χ0v) is 11.3. The van der Waals surface area contributed by atoms with E-state index in [0.29, 0.717) is 11.6 Å². The molecule has 2 N–H and O–H groups in total. The summed E-state index contributed by atoms with van der Waals surface area (Å²) in [6, 6.07) is 7.78. The van der Waals surface area contributed by atoms with Crippen molar-refractivity contribution in [2.75, 3.05) is 19.0 Å². The van der Waals surface area contributed by atoms with Crippen LogP contribution in [0.5, 0.6) is 5.75 Å². The molecule has 6 heteroatoms. The van der Waals surface area contributed by atoms with Crippen LogP contribution in [0.15, 0.2) is 30.5 Å². The lowest BCUT2D eigenvalue weighted by atomic mass is 10.1. The van der Waals surface area contributed by atoms with Gasteiger partial charge >= 0.3 is 0 Å². The molecule has 0 unspecified atom stereocenters. The maximum Gasteiger partial charge on any atom is 0.225 e. The average Bonchev–Trinajstić information content (AvgIpc) is 2.95. The third kappa shape index (κ3) is 2.05. The molecule has 102 valence electrons. The number of hydrogen-bond donors (Lipinski definition) is 2. The first-order valence-electron chi connectivity index (χ1n) is 6.42. The van der Waals surface area contributed by atoms with Crippen LogP contribution in [0.2, 0.25) is 0 Å². The summed E-state index contributed by atoms with van der Waals surface area (Å²) in [6.45, 7) is 2.76. The minimum atomic E-state index is 0.574. The number of aromatic amines is 1. The van der Waals surface area contributed by atoms with E-state index in [2.05, 4.69) is 25.5 Å². The van der Waals surface area contributed by atoms with Crippen LogP contribution in [-0.4, -0.2) is 33.8 Å². The van der Waals surface area contributed by atoms with Gasteiger partial charge in [0.1, 0.15) is 5.75 Å². The average molecular weight is 269 g/mol. The van der Waals surface area contributed by atoms with E-state index >= 15 is 0 Å². The Labute approximate surface area is 116 Å². The topological polar surface area (TPSA) is 75.7 Å². The number of benzene rings is 1. The lowest BCUT2D eigenvalue weighted by molar-refractivity contribution is 0.416. The Morgan fingerprint density at radius 3 is 2.90 bits per heavy atom. The van der Waals surface area contributed by atoms with Crippen LogP contribution >= 0.6 is 0 Å². The minimum absolute atomic E-state index is 0.574. The van der Waals surface area contributed by atoms with Crippen molar-refractivity contribution in [1.29, 1.82) is 0 Å². The Bertz CT molecular complexity index is 737. The molecular weight excluding hydrogens is 254 g/mol. The molecule has 0 aliphatic carbocycles. The standard InChI is InChI=1S/C14H15N5O/c1-3-15-14-17-12(10-8-16-19-13(10)18-14)9-6-4-5-7-11(9)20-2/h4-8H,3H2,1-2H3,(H2,15,16,17,18,19). The quantitative estimate of drug-likeness (QED) is 0.761. The first kappa shape index (κ1) is 12.4. The van der Waals surface area contributed by atoms with Gasteiger partial charge in [-0.15, -0.1) is 0 Å². The molecule has 0 spiro atoms. The molecule has 0 saturated carbocycles. The zero-order valence-electron chi connectivity index (χ0n) is 11.3. The molecule has 3 rings (SSSR count). The second kappa shape index (κ2) is 5.16. The number of fused-ring (bicyclic) bond motifs is 1. The summed E-state index contributed by atoms with van der Waals surface area (Å²) in [6.07, 6.45) is 1.73. The summed E-state index contributed by atoms with van der Waals surface area (Å²) < 4.78 is 5.41. The highest BCUT2D eigenvalue weighted by Gasteiger charge is 2.14. The molecule has 20 heavy (non-hydrogen) atoms. The number of anilines is 1. The molecule has 3 aromatic rings. The van der Waals surface area contributed by atoms with Crippen molar-refractivity contribution in [1.82, 2.24) is 20.2 Å². The van der Waals surface area contributed by atoms with Crippen LogP contribution in [0.1, 0.15) is 6.92 Å². The lowest BCUT2D eigenvalue weighted by Crippen LogP contribution is -2.03. The Morgan fingerprint density at radius 1 is 1.25 bits per heavy atom. The summed E-state index contributed by atoms with van der Waals surface area (Å²) in [5.74, 6) is 1.35. The van der Waals surface area contributed by atoms with Gasteiger partial charge in [0.2, 0.25) is 5.95 Å². The SMILES string of the molecule is CCNc1nc(-c2ccccc2OC)c2cn[nH]c2n1. The van der Waals surface area contributed by atoms with Crippen molar-refractivity contribution in [3.8, 4) is 17.0 Å². The van der Waals surface area contributed by atoms with Gasteiger partial charge in [0.15, 0.2) is 5.65 Å². The van der Waals surface area contributed by atoms with Gasteiger partial charge in [-0.3, -0.25) is 5.10 Å². The number of hydrogen-bond acceptors (Lipinski definition) is 5. The number of nitrogens with one attached hydrogen (secondary N) is 2. The summed E-state index contributed by atoms with van der Waals surface area (Å²) in [5, 5.41) is 10.9. The van der Waals surface area contributed by atoms with Crippen molar-refractivity contribution in [3.05, 3.63) is 30.5 Å². The molecule has 2 heterocycles. The maximum absolute atomic E-state index is 5.41. The molecule has 0 fully saturated rings. The normalized spacial score (nSPS) is 10.7. The van der Waals surface area contributed by atoms with Crippen LogP contribution in [-0.2, 0) is 0 Å². The van der Waals surface area contributed by atoms with E-state index in [1.165, 1.54) is 0 Å². The highest BCUT2D eigenvalue weighted by atomic mass is 16.5. The Balaban J connectivity index is 2.25. The second-order valence-electron chi connectivity index (χ2n) is 4.26. The van der Waals surface area contributed by atoms with E-state index in [9.17, 15) is 0 Å². The maximum atomic E-state index is 5.41. The van der Waals surface area contributed by atoms with E-state index < -0.39 is 0 Å². The van der Waals surface area contributed by atoms with Crippen LogP contribution in [0.4, 0.5) is 5.95 Å². The van der Waals surface area contributed by atoms with Crippen molar-refractivity contribution < 1.29 is 4.74 Å². The van der Waals surface area contributed by atoms with Gasteiger partial charge in [-0.2, -0.15) is 10.1 Å². The predicted molar refractivity (Wildman–Crippen MR) is 77.8 cm³/mol. The largest absolute Gasteiger partial charge is 0.496 e. The van der Waals surface area contributed by atoms with E-state index in [4.69, 9.17) is 4.74 Å². The fourth-order valence-corrected chi connectivity index (χ4v) is 2.12. The van der Waals surface area contributed by atoms with Gasteiger partial charge in [0.25, 0.3) is 0 Å². The Morgan fingerprint density at radius 2 is 2.10 bits per heavy atom. The van der Waals surface area contributed by atoms with Crippen molar-refractivity contribution in [2.45, 2.75) is 6.92 Å². The summed E-state index contributed by atoms with van der Waals surface area (Å²) in [5.41, 5.74) is 2.43. The third-order valence-electron chi connectivity index (χ3n) is 3.01. The molecule has 0 atom stereocenters. The van der Waals surface area contributed by atoms with Crippen LogP contribution < -0.4 is 10.1 Å². The molecule has 0 aliphatic rings. The van der Waals surface area contributed by atoms with Gasteiger partial charge in [-0.05, 0) is 19.1 Å². The first-order chi connectivity index (χ1) is 9.83. The molecule has 2 aromatic heterocycles. The van der Waals surface area contributed by atoms with Crippen LogP contribution in [0.25, 0.3) is 22.3 Å². The lowest BCUT2D eigenvalue weighted by Gasteiger charge is -2.10. The highest BCUT2D eigenvalue weighted by molar-refractivity contribution is 5.92. The van der Waals surface area contributed by atoms with Gasteiger partial charge in [0.05, 0.1) is 24.4 Å². The van der Waals surface area contributed by atoms with E-state index in [1.807, 2.05) is 31.2 Å². The van der Waals surface area contributed by atoms with Crippen LogP contribution in [0, 0.1) is 0 Å². The monoisotopic (exact) mass is 269 g/mol. The summed E-state index contributed by atoms with van der Waals surface area (Å²) in [7, 11) is 1.65. The van der Waals surface area contributed by atoms with E-state index in [0.717, 1.165) is 28.9 Å². The van der Waals surface area contributed by atoms with Gasteiger partial charge in [-0.1, -0.05) is 12.1 Å². The molecule has 0 saturated heterocycles. The number of rotatable bonds is 4. The molecule has 6 nitrogen and oxygen atoms in total. The number of para-hydroxylation sites is 1. The number of nitrogens with zero attached hydrogens (tertiary/aromatic N) is 3. The van der Waals surface area contributed by atoms with Crippen molar-refractivity contribution in [3.63, 3.8) is 0 Å². The summed E-state index contributed by atoms with van der Waals surface area (Å²) >= 11 is 0. The van der Waals surface area contributed by atoms with Gasteiger partial charge in [-0.25, -0.2) is 4.98 Å². The minimum Gasteiger partial charge on any atom is -0.496 e. The van der Waals surface area contributed by atoms with E-state index in [-0.39, 0.29) is 0 Å². The van der Waals surface area contributed by atoms with Gasteiger partial charge in [0, 0.05) is 12.1 Å². The predicted octanol–water partition coefficient (Wildman–Crippen LogP) is 2.46. The molecule has 0 radical (unpaired) electrons. The number of ether oxygens (including phenoxy) is 1. The molecule has 1 aromatic carbocycles. The smallest absolute Gasteiger partial charge is 0.225 e. The Kier molecular flexibility index (Phi) is 3.20. The summed E-state index contributed by atoms with van der Waals surface area (Å²) in [4.78, 5) is 8.97. The van der Waals surface area contributed by atoms with Crippen LogP contribution in [0.3, 0.4) is 0 Å². The fraction of sp³-hybridized carbons (Fsp3) is 0.214. The van der Waals surface area contributed by atoms with E-state index in [1.54, 1.807) is 13.3 Å². The highest BCUT2D eigenvalue weighted by Crippen LogP contribution is 2.32. The first-order valence-corrected chi connectivity index (χ1v) is 6.42. The molecule has 0 bridgehead atoms. The number of H-pyrrole nitrogens is 1. The zero-order chi connectivity index (χ0) is 13.9. The molecule has 0 aliphatic heterocycles. The fourth-order valence-electron chi connectivity index (χ4n) is 2.12. The third-order valence-corrected chi connectivity index (χ3v) is 3.01. The molecular formula is C14H15N5O. The Hall–Kier alpha value is -2.63.